The largest absolute Gasteiger partial charge is 0.494 e. The fourth-order valence-electron chi connectivity index (χ4n) is 3.27. The van der Waals surface area contributed by atoms with Gasteiger partial charge in [-0.15, -0.1) is 5.10 Å². The van der Waals surface area contributed by atoms with E-state index >= 15 is 0 Å². The van der Waals surface area contributed by atoms with Gasteiger partial charge in [0.1, 0.15) is 12.1 Å². The first-order chi connectivity index (χ1) is 16.1. The molecule has 2 amide bonds. The van der Waals surface area contributed by atoms with Crippen LogP contribution in [0.1, 0.15) is 28.9 Å². The first-order valence-electron chi connectivity index (χ1n) is 10.4. The molecule has 4 aromatic rings. The summed E-state index contributed by atoms with van der Waals surface area (Å²) in [5.74, 6) is 0.180. The first-order valence-corrected chi connectivity index (χ1v) is 10.4. The van der Waals surface area contributed by atoms with Gasteiger partial charge in [0.2, 0.25) is 0 Å². The van der Waals surface area contributed by atoms with E-state index in [1.165, 1.54) is 11.0 Å². The number of rotatable bonds is 8. The molecule has 0 bridgehead atoms. The number of benzene rings is 3. The molecular formula is C24H22N6O3. The quantitative estimate of drug-likeness (QED) is 0.432. The molecule has 0 fully saturated rings. The maximum absolute atomic E-state index is 13.0. The molecule has 0 saturated carbocycles. The van der Waals surface area contributed by atoms with Crippen LogP contribution in [0.3, 0.4) is 0 Å². The van der Waals surface area contributed by atoms with Gasteiger partial charge in [0, 0.05) is 16.9 Å². The molecule has 1 heterocycles. The zero-order chi connectivity index (χ0) is 23.0. The van der Waals surface area contributed by atoms with Crippen LogP contribution in [0.2, 0.25) is 0 Å². The highest BCUT2D eigenvalue weighted by molar-refractivity contribution is 6.04. The van der Waals surface area contributed by atoms with Crippen molar-refractivity contribution in [2.45, 2.75) is 13.0 Å². The molecule has 0 aliphatic carbocycles. The molecule has 0 aliphatic heterocycles. The topological polar surface area (TPSA) is 111 Å². The van der Waals surface area contributed by atoms with Gasteiger partial charge in [0.05, 0.1) is 6.61 Å². The third-order valence-corrected chi connectivity index (χ3v) is 4.83. The normalized spacial score (nSPS) is 11.4. The van der Waals surface area contributed by atoms with Gasteiger partial charge in [-0.1, -0.05) is 30.3 Å². The van der Waals surface area contributed by atoms with Gasteiger partial charge in [0.25, 0.3) is 11.8 Å². The lowest BCUT2D eigenvalue weighted by molar-refractivity contribution is -0.118. The smallest absolute Gasteiger partial charge is 0.255 e. The lowest BCUT2D eigenvalue weighted by atomic mass is 10.1. The Labute approximate surface area is 190 Å². The molecule has 9 heteroatoms. The Bertz CT molecular complexity index is 1190. The summed E-state index contributed by atoms with van der Waals surface area (Å²) in [6, 6.07) is 22.3. The van der Waals surface area contributed by atoms with E-state index in [9.17, 15) is 9.59 Å². The highest BCUT2D eigenvalue weighted by Gasteiger charge is 2.24. The van der Waals surface area contributed by atoms with Crippen LogP contribution in [0.15, 0.2) is 85.2 Å². The van der Waals surface area contributed by atoms with Gasteiger partial charge in [-0.25, -0.2) is 4.68 Å². The van der Waals surface area contributed by atoms with Crippen LogP contribution < -0.4 is 15.4 Å². The van der Waals surface area contributed by atoms with Crippen LogP contribution in [0.25, 0.3) is 0 Å². The average molecular weight is 442 g/mol. The standard InChI is InChI=1S/C24H22N6O3/c1-2-33-21-14-12-20(13-15-21)26-23(31)18-8-10-19(11-9-18)27-24(32)22(30-16-25-28-29-30)17-6-4-3-5-7-17/h3-16,22H,2H2,1H3,(H,26,31)(H,27,32)/t22-/m0/s1. The van der Waals surface area contributed by atoms with Gasteiger partial charge in [-0.2, -0.15) is 0 Å². The van der Waals surface area contributed by atoms with E-state index in [1.807, 2.05) is 37.3 Å². The van der Waals surface area contributed by atoms with Gasteiger partial charge in [-0.3, -0.25) is 9.59 Å². The second-order valence-electron chi connectivity index (χ2n) is 7.08. The van der Waals surface area contributed by atoms with E-state index in [0.29, 0.717) is 23.5 Å². The first kappa shape index (κ1) is 21.7. The third kappa shape index (κ3) is 5.40. The minimum atomic E-state index is -0.733. The molecule has 0 spiro atoms. The summed E-state index contributed by atoms with van der Waals surface area (Å²) < 4.78 is 6.80. The maximum Gasteiger partial charge on any atom is 0.255 e. The van der Waals surface area contributed by atoms with Crippen LogP contribution in [-0.4, -0.2) is 38.6 Å². The van der Waals surface area contributed by atoms with Crippen molar-refractivity contribution in [1.29, 1.82) is 0 Å². The summed E-state index contributed by atoms with van der Waals surface area (Å²) in [6.45, 7) is 2.49. The van der Waals surface area contributed by atoms with Crippen LogP contribution in [0.5, 0.6) is 5.75 Å². The lowest BCUT2D eigenvalue weighted by Gasteiger charge is -2.16. The zero-order valence-electron chi connectivity index (χ0n) is 17.9. The highest BCUT2D eigenvalue weighted by atomic mass is 16.5. The Hall–Kier alpha value is -4.53. The molecule has 4 rings (SSSR count). The summed E-state index contributed by atoms with van der Waals surface area (Å²) in [5, 5.41) is 16.9. The van der Waals surface area contributed by atoms with E-state index in [-0.39, 0.29) is 11.8 Å². The Morgan fingerprint density at radius 3 is 2.21 bits per heavy atom. The minimum Gasteiger partial charge on any atom is -0.494 e. The van der Waals surface area contributed by atoms with Crippen molar-refractivity contribution in [2.75, 3.05) is 17.2 Å². The second-order valence-corrected chi connectivity index (χ2v) is 7.08. The van der Waals surface area contributed by atoms with E-state index in [4.69, 9.17) is 4.74 Å². The molecule has 166 valence electrons. The molecule has 0 radical (unpaired) electrons. The van der Waals surface area contributed by atoms with Crippen LogP contribution in [0, 0.1) is 0 Å². The van der Waals surface area contributed by atoms with Crippen molar-refractivity contribution in [1.82, 2.24) is 20.2 Å². The predicted octanol–water partition coefficient (Wildman–Crippen LogP) is 3.55. The number of amides is 2. The molecule has 33 heavy (non-hydrogen) atoms. The molecule has 1 aromatic heterocycles. The number of carbonyl (C=O) groups excluding carboxylic acids is 2. The Balaban J connectivity index is 1.43. The van der Waals surface area contributed by atoms with Gasteiger partial charge in [-0.05, 0) is 71.4 Å². The zero-order valence-corrected chi connectivity index (χ0v) is 17.9. The van der Waals surface area contributed by atoms with E-state index < -0.39 is 6.04 Å². The molecular weight excluding hydrogens is 420 g/mol. The highest BCUT2D eigenvalue weighted by Crippen LogP contribution is 2.21. The molecule has 0 unspecified atom stereocenters. The van der Waals surface area contributed by atoms with Gasteiger partial charge in [0.15, 0.2) is 6.04 Å². The number of ether oxygens (including phenoxy) is 1. The average Bonchev–Trinajstić information content (AvgIpc) is 3.36. The Morgan fingerprint density at radius 2 is 1.58 bits per heavy atom. The molecule has 0 aliphatic rings. The molecule has 0 saturated heterocycles. The number of carbonyl (C=O) groups is 2. The lowest BCUT2D eigenvalue weighted by Crippen LogP contribution is -2.27. The van der Waals surface area contributed by atoms with Crippen molar-refractivity contribution in [3.63, 3.8) is 0 Å². The summed E-state index contributed by atoms with van der Waals surface area (Å²) in [7, 11) is 0. The molecule has 3 aromatic carbocycles. The van der Waals surface area contributed by atoms with Crippen molar-refractivity contribution in [3.05, 3.63) is 96.3 Å². The van der Waals surface area contributed by atoms with Crippen LogP contribution in [0.4, 0.5) is 11.4 Å². The van der Waals surface area contributed by atoms with E-state index in [2.05, 4.69) is 26.2 Å². The van der Waals surface area contributed by atoms with Crippen molar-refractivity contribution in [2.24, 2.45) is 0 Å². The van der Waals surface area contributed by atoms with Crippen LogP contribution >= 0.6 is 0 Å². The summed E-state index contributed by atoms with van der Waals surface area (Å²) in [6.07, 6.45) is 1.39. The number of aromatic nitrogens is 4. The molecule has 2 N–H and O–H groups in total. The van der Waals surface area contributed by atoms with Crippen molar-refractivity contribution >= 4 is 23.2 Å². The summed E-state index contributed by atoms with van der Waals surface area (Å²) in [5.41, 5.74) is 2.41. The minimum absolute atomic E-state index is 0.257. The molecule has 9 nitrogen and oxygen atoms in total. The van der Waals surface area contributed by atoms with E-state index in [0.717, 1.165) is 11.3 Å². The number of nitrogens with zero attached hydrogens (tertiary/aromatic N) is 4. The fourth-order valence-corrected chi connectivity index (χ4v) is 3.27. The number of hydrogen-bond donors (Lipinski definition) is 2. The van der Waals surface area contributed by atoms with E-state index in [1.54, 1.807) is 48.5 Å². The number of hydrogen-bond acceptors (Lipinski definition) is 6. The summed E-state index contributed by atoms with van der Waals surface area (Å²) >= 11 is 0. The van der Waals surface area contributed by atoms with Crippen LogP contribution in [-0.2, 0) is 4.79 Å². The number of nitrogens with one attached hydrogen (secondary N) is 2. The Kier molecular flexibility index (Phi) is 6.70. The third-order valence-electron chi connectivity index (χ3n) is 4.83. The number of tetrazole rings is 1. The monoisotopic (exact) mass is 442 g/mol. The Morgan fingerprint density at radius 1 is 0.909 bits per heavy atom. The predicted molar refractivity (Wildman–Crippen MR) is 123 cm³/mol. The van der Waals surface area contributed by atoms with Gasteiger partial charge < -0.3 is 15.4 Å². The summed E-state index contributed by atoms with van der Waals surface area (Å²) in [4.78, 5) is 25.6. The maximum atomic E-state index is 13.0. The van der Waals surface area contributed by atoms with Crippen molar-refractivity contribution < 1.29 is 14.3 Å². The fraction of sp³-hybridized carbons (Fsp3) is 0.125. The SMILES string of the molecule is CCOc1ccc(NC(=O)c2ccc(NC(=O)[C@H](c3ccccc3)n3cnnn3)cc2)cc1. The number of anilines is 2. The van der Waals surface area contributed by atoms with Gasteiger partial charge >= 0.3 is 0 Å². The van der Waals surface area contributed by atoms with Crippen molar-refractivity contribution in [3.8, 4) is 5.75 Å². The second kappa shape index (κ2) is 10.2. The molecule has 1 atom stereocenters.